The van der Waals surface area contributed by atoms with E-state index in [9.17, 15) is 13.6 Å². The molecule has 3 aromatic rings. The van der Waals surface area contributed by atoms with Gasteiger partial charge in [0.25, 0.3) is 5.91 Å². The van der Waals surface area contributed by atoms with E-state index in [4.69, 9.17) is 5.73 Å². The molecular weight excluding hydrogens is 360 g/mol. The summed E-state index contributed by atoms with van der Waals surface area (Å²) >= 11 is 0.843. The third-order valence-corrected chi connectivity index (χ3v) is 4.03. The monoisotopic (exact) mass is 379 g/mol. The number of benzene rings is 1. The summed E-state index contributed by atoms with van der Waals surface area (Å²) in [5.41, 5.74) is 6.51. The number of nitrogens with one attached hydrogen (secondary N) is 2. The number of aryl methyl sites for hydroxylation is 1. The highest BCUT2D eigenvalue weighted by atomic mass is 32.1. The van der Waals surface area contributed by atoms with Crippen molar-refractivity contribution in [2.75, 3.05) is 11.1 Å². The maximum Gasteiger partial charge on any atom is 0.277 e. The Labute approximate surface area is 153 Å². The first kappa shape index (κ1) is 19.5. The molecule has 2 aromatic heterocycles. The van der Waals surface area contributed by atoms with E-state index in [-0.39, 0.29) is 21.3 Å². The number of thiazole rings is 1. The van der Waals surface area contributed by atoms with Gasteiger partial charge in [0.15, 0.2) is 5.69 Å². The molecule has 1 aromatic carbocycles. The van der Waals surface area contributed by atoms with E-state index < -0.39 is 17.5 Å². The zero-order valence-electron chi connectivity index (χ0n) is 14.6. The molecule has 138 valence electrons. The highest BCUT2D eigenvalue weighted by Crippen LogP contribution is 2.33. The Morgan fingerprint density at radius 2 is 1.92 bits per heavy atom. The quantitative estimate of drug-likeness (QED) is 0.629. The first-order chi connectivity index (χ1) is 12.4. The Morgan fingerprint density at radius 1 is 1.31 bits per heavy atom. The van der Waals surface area contributed by atoms with Gasteiger partial charge in [-0.15, -0.1) is 0 Å². The molecular formula is C17H19F2N5OS. The van der Waals surface area contributed by atoms with E-state index in [1.807, 2.05) is 0 Å². The second kappa shape index (κ2) is 8.52. The molecule has 0 radical (unpaired) electrons. The number of carbonyl (C=O) groups excluding carboxylic acids is 1. The molecule has 0 aliphatic rings. The van der Waals surface area contributed by atoms with Crippen LogP contribution in [0, 0.1) is 18.6 Å². The van der Waals surface area contributed by atoms with E-state index >= 15 is 0 Å². The molecule has 9 heteroatoms. The molecule has 0 aliphatic heterocycles. The number of rotatable bonds is 3. The average molecular weight is 379 g/mol. The Morgan fingerprint density at radius 3 is 2.46 bits per heavy atom. The van der Waals surface area contributed by atoms with Gasteiger partial charge < -0.3 is 11.1 Å². The maximum atomic E-state index is 13.8. The van der Waals surface area contributed by atoms with Gasteiger partial charge in [0, 0.05) is 0 Å². The molecule has 4 N–H and O–H groups in total. The topological polar surface area (TPSA) is 96.7 Å². The SMILES string of the molecule is CCC.Cc1[nH]ncc1NC(=O)c1nc(-c2c(F)cccc2F)sc1N. The number of nitrogen functional groups attached to an aromatic ring is 1. The minimum atomic E-state index is -0.767. The predicted molar refractivity (Wildman–Crippen MR) is 99.1 cm³/mol. The van der Waals surface area contributed by atoms with Gasteiger partial charge in [-0.3, -0.25) is 9.89 Å². The molecule has 3 rings (SSSR count). The summed E-state index contributed by atoms with van der Waals surface area (Å²) in [5, 5.41) is 9.11. The third kappa shape index (κ3) is 4.23. The molecule has 0 spiro atoms. The molecule has 2 heterocycles. The number of nitrogens with two attached hydrogens (primary N) is 1. The number of aromatic nitrogens is 3. The maximum absolute atomic E-state index is 13.8. The Balaban J connectivity index is 0.000000758. The zero-order chi connectivity index (χ0) is 19.3. The fourth-order valence-electron chi connectivity index (χ4n) is 1.96. The van der Waals surface area contributed by atoms with Crippen LogP contribution in [0.2, 0.25) is 0 Å². The summed E-state index contributed by atoms with van der Waals surface area (Å²) in [6.45, 7) is 5.98. The molecule has 0 atom stereocenters. The van der Waals surface area contributed by atoms with E-state index in [2.05, 4.69) is 34.3 Å². The van der Waals surface area contributed by atoms with Crippen LogP contribution in [0.15, 0.2) is 24.4 Å². The van der Waals surface area contributed by atoms with Gasteiger partial charge >= 0.3 is 0 Å². The normalized spacial score (nSPS) is 10.2. The number of hydrogen-bond donors (Lipinski definition) is 3. The van der Waals surface area contributed by atoms with Crippen molar-refractivity contribution in [2.24, 2.45) is 0 Å². The first-order valence-corrected chi connectivity index (χ1v) is 8.72. The minimum Gasteiger partial charge on any atom is -0.389 e. The van der Waals surface area contributed by atoms with Crippen LogP contribution in [0.5, 0.6) is 0 Å². The smallest absolute Gasteiger partial charge is 0.277 e. The Kier molecular flexibility index (Phi) is 6.40. The van der Waals surface area contributed by atoms with Gasteiger partial charge in [-0.1, -0.05) is 37.7 Å². The summed E-state index contributed by atoms with van der Waals surface area (Å²) in [4.78, 5) is 16.2. The number of nitrogens with zero attached hydrogens (tertiary/aromatic N) is 2. The van der Waals surface area contributed by atoms with Crippen molar-refractivity contribution in [3.8, 4) is 10.6 Å². The van der Waals surface area contributed by atoms with Gasteiger partial charge in [0.05, 0.1) is 23.1 Å². The van der Waals surface area contributed by atoms with E-state index in [1.54, 1.807) is 6.92 Å². The second-order valence-corrected chi connectivity index (χ2v) is 6.43. The predicted octanol–water partition coefficient (Wildman–Crippen LogP) is 4.37. The van der Waals surface area contributed by atoms with Crippen LogP contribution in [0.1, 0.15) is 36.5 Å². The molecule has 0 saturated carbocycles. The van der Waals surface area contributed by atoms with Gasteiger partial charge in [0.2, 0.25) is 0 Å². The molecule has 0 saturated heterocycles. The highest BCUT2D eigenvalue weighted by molar-refractivity contribution is 7.19. The fraction of sp³-hybridized carbons (Fsp3) is 0.235. The minimum absolute atomic E-state index is 0.00663. The van der Waals surface area contributed by atoms with Crippen LogP contribution < -0.4 is 11.1 Å². The van der Waals surface area contributed by atoms with E-state index in [0.29, 0.717) is 11.4 Å². The van der Waals surface area contributed by atoms with Crippen LogP contribution >= 0.6 is 11.3 Å². The lowest BCUT2D eigenvalue weighted by molar-refractivity contribution is 0.102. The van der Waals surface area contributed by atoms with Crippen molar-refractivity contribution in [3.63, 3.8) is 0 Å². The summed E-state index contributed by atoms with van der Waals surface area (Å²) in [7, 11) is 0. The number of carbonyl (C=O) groups is 1. The van der Waals surface area contributed by atoms with Crippen LogP contribution in [-0.2, 0) is 0 Å². The van der Waals surface area contributed by atoms with Crippen molar-refractivity contribution in [1.29, 1.82) is 0 Å². The van der Waals surface area contributed by atoms with Crippen molar-refractivity contribution >= 4 is 27.9 Å². The third-order valence-electron chi connectivity index (χ3n) is 3.12. The molecule has 26 heavy (non-hydrogen) atoms. The standard InChI is InChI=1S/C14H11F2N5OS.C3H8/c1-6-9(5-18-21-6)19-13(22)11-12(17)23-14(20-11)10-7(15)3-2-4-8(10)16;1-3-2/h2-5H,17H2,1H3,(H,18,21)(H,19,22);3H2,1-2H3. The van der Waals surface area contributed by atoms with Crippen molar-refractivity contribution < 1.29 is 13.6 Å². The molecule has 0 fully saturated rings. The number of anilines is 2. The molecule has 0 unspecified atom stereocenters. The van der Waals surface area contributed by atoms with Crippen molar-refractivity contribution in [2.45, 2.75) is 27.2 Å². The number of aromatic amines is 1. The summed E-state index contributed by atoms with van der Waals surface area (Å²) in [5.74, 6) is -2.11. The largest absolute Gasteiger partial charge is 0.389 e. The van der Waals surface area contributed by atoms with E-state index in [0.717, 1.165) is 23.5 Å². The first-order valence-electron chi connectivity index (χ1n) is 7.90. The van der Waals surface area contributed by atoms with Gasteiger partial charge in [-0.2, -0.15) is 5.10 Å². The number of hydrogen-bond acceptors (Lipinski definition) is 5. The van der Waals surface area contributed by atoms with Gasteiger partial charge in [-0.05, 0) is 19.1 Å². The van der Waals surface area contributed by atoms with Gasteiger partial charge in [-0.25, -0.2) is 13.8 Å². The van der Waals surface area contributed by atoms with E-state index in [1.165, 1.54) is 18.7 Å². The van der Waals surface area contributed by atoms with Crippen LogP contribution in [-0.4, -0.2) is 21.1 Å². The number of amides is 1. The fourth-order valence-corrected chi connectivity index (χ4v) is 2.84. The van der Waals surface area contributed by atoms with Crippen LogP contribution in [0.3, 0.4) is 0 Å². The number of H-pyrrole nitrogens is 1. The Bertz CT molecular complexity index is 886. The lowest BCUT2D eigenvalue weighted by Crippen LogP contribution is -2.14. The molecule has 0 bridgehead atoms. The zero-order valence-corrected chi connectivity index (χ0v) is 15.4. The second-order valence-electron chi connectivity index (χ2n) is 5.40. The van der Waals surface area contributed by atoms with Crippen molar-refractivity contribution in [3.05, 3.63) is 47.4 Å². The lowest BCUT2D eigenvalue weighted by atomic mass is 10.2. The average Bonchev–Trinajstić information content (AvgIpc) is 3.14. The summed E-state index contributed by atoms with van der Waals surface area (Å²) in [6.07, 6.45) is 2.69. The summed E-state index contributed by atoms with van der Waals surface area (Å²) in [6, 6.07) is 3.48. The molecule has 6 nitrogen and oxygen atoms in total. The van der Waals surface area contributed by atoms with Crippen LogP contribution in [0.25, 0.3) is 10.6 Å². The van der Waals surface area contributed by atoms with Crippen molar-refractivity contribution in [1.82, 2.24) is 15.2 Å². The Hall–Kier alpha value is -2.81. The number of halogens is 2. The highest BCUT2D eigenvalue weighted by Gasteiger charge is 2.21. The lowest BCUT2D eigenvalue weighted by Gasteiger charge is -2.02. The molecule has 1 amide bonds. The van der Waals surface area contributed by atoms with Gasteiger partial charge in [0.1, 0.15) is 21.6 Å². The molecule has 0 aliphatic carbocycles. The van der Waals surface area contributed by atoms with Crippen LogP contribution in [0.4, 0.5) is 19.5 Å². The summed E-state index contributed by atoms with van der Waals surface area (Å²) < 4.78 is 27.6.